The molecule has 0 unspecified atom stereocenters. The number of amides is 1. The molecule has 4 aromatic rings. The Bertz CT molecular complexity index is 1160. The fraction of sp³-hybridized carbons (Fsp3) is 0.136. The maximum atomic E-state index is 13.4. The molecule has 0 bridgehead atoms. The number of thioether (sulfide) groups is 2. The lowest BCUT2D eigenvalue weighted by Crippen LogP contribution is -2.39. The van der Waals surface area contributed by atoms with E-state index in [1.54, 1.807) is 11.8 Å². The third-order valence-electron chi connectivity index (χ3n) is 4.89. The van der Waals surface area contributed by atoms with Gasteiger partial charge in [0.25, 0.3) is 0 Å². The van der Waals surface area contributed by atoms with Crippen LogP contribution in [0.1, 0.15) is 11.6 Å². The Kier molecular flexibility index (Phi) is 4.99. The second-order valence-electron chi connectivity index (χ2n) is 6.67. The van der Waals surface area contributed by atoms with Crippen molar-refractivity contribution in [2.24, 2.45) is 0 Å². The minimum atomic E-state index is 0.0133. The number of para-hydroxylation sites is 1. The Morgan fingerprint density at radius 1 is 1.00 bits per heavy atom. The number of rotatable bonds is 4. The summed E-state index contributed by atoms with van der Waals surface area (Å²) in [6.07, 6.45) is 1.92. The van der Waals surface area contributed by atoms with Gasteiger partial charge in [-0.05, 0) is 29.8 Å². The molecule has 0 spiro atoms. The monoisotopic (exact) mass is 418 g/mol. The molecule has 1 atom stereocenters. The van der Waals surface area contributed by atoms with E-state index in [0.717, 1.165) is 32.7 Å². The van der Waals surface area contributed by atoms with Gasteiger partial charge in [0, 0.05) is 16.8 Å². The predicted molar refractivity (Wildman–Crippen MR) is 118 cm³/mol. The largest absolute Gasteiger partial charge is 0.302 e. The van der Waals surface area contributed by atoms with Crippen LogP contribution in [-0.4, -0.2) is 32.0 Å². The van der Waals surface area contributed by atoms with Crippen molar-refractivity contribution in [1.82, 2.24) is 14.6 Å². The summed E-state index contributed by atoms with van der Waals surface area (Å²) in [5.74, 6) is 1.22. The van der Waals surface area contributed by atoms with E-state index in [0.29, 0.717) is 5.75 Å². The van der Waals surface area contributed by atoms with Crippen molar-refractivity contribution in [3.8, 4) is 0 Å². The zero-order valence-corrected chi connectivity index (χ0v) is 17.1. The van der Waals surface area contributed by atoms with Crippen LogP contribution >= 0.6 is 23.5 Å². The van der Waals surface area contributed by atoms with E-state index in [-0.39, 0.29) is 11.9 Å². The molecular weight excluding hydrogens is 400 g/mol. The van der Waals surface area contributed by atoms with Gasteiger partial charge in [0.15, 0.2) is 10.8 Å². The number of hydrogen-bond donors (Lipinski definition) is 0. The molecule has 5 rings (SSSR count). The molecule has 7 heteroatoms. The Morgan fingerprint density at radius 3 is 2.69 bits per heavy atom. The van der Waals surface area contributed by atoms with Gasteiger partial charge in [0.2, 0.25) is 5.91 Å². The molecule has 1 amide bonds. The molecule has 29 heavy (non-hydrogen) atoms. The molecule has 0 radical (unpaired) electrons. The van der Waals surface area contributed by atoms with E-state index in [4.69, 9.17) is 0 Å². The van der Waals surface area contributed by atoms with Crippen LogP contribution in [0.3, 0.4) is 0 Å². The average molecular weight is 419 g/mol. The van der Waals surface area contributed by atoms with Crippen molar-refractivity contribution < 1.29 is 4.79 Å². The summed E-state index contributed by atoms with van der Waals surface area (Å²) in [6.45, 7) is 0. The SMILES string of the molecule is O=C(CSc1nnc2ccccn12)N1c2ccccc2SC[C@H]1c1ccccc1. The first-order chi connectivity index (χ1) is 14.3. The van der Waals surface area contributed by atoms with Gasteiger partial charge in [-0.3, -0.25) is 9.20 Å². The highest BCUT2D eigenvalue weighted by molar-refractivity contribution is 8.00. The number of carbonyl (C=O) groups is 1. The smallest absolute Gasteiger partial charge is 0.238 e. The lowest BCUT2D eigenvalue weighted by Gasteiger charge is -2.37. The fourth-order valence-electron chi connectivity index (χ4n) is 3.53. The minimum absolute atomic E-state index is 0.0133. The molecule has 1 aliphatic rings. The molecule has 5 nitrogen and oxygen atoms in total. The summed E-state index contributed by atoms with van der Waals surface area (Å²) in [5.41, 5.74) is 2.92. The zero-order chi connectivity index (χ0) is 19.6. The van der Waals surface area contributed by atoms with E-state index in [1.807, 2.05) is 70.1 Å². The molecular formula is C22H18N4OS2. The third kappa shape index (κ3) is 3.52. The predicted octanol–water partition coefficient (Wildman–Crippen LogP) is 4.70. The first kappa shape index (κ1) is 18.3. The van der Waals surface area contributed by atoms with Crippen molar-refractivity contribution in [2.75, 3.05) is 16.4 Å². The standard InChI is InChI=1S/C22H18N4OS2/c27-21(15-29-22-24-23-20-12-6-7-13-25(20)22)26-17-10-4-5-11-19(17)28-14-18(26)16-8-2-1-3-9-16/h1-13,18H,14-15H2/t18-/m0/s1. The average Bonchev–Trinajstić information content (AvgIpc) is 3.20. The highest BCUT2D eigenvalue weighted by Crippen LogP contribution is 2.43. The van der Waals surface area contributed by atoms with Gasteiger partial charge >= 0.3 is 0 Å². The lowest BCUT2D eigenvalue weighted by atomic mass is 10.1. The number of nitrogens with zero attached hydrogens (tertiary/aromatic N) is 4. The van der Waals surface area contributed by atoms with E-state index < -0.39 is 0 Å². The molecule has 0 N–H and O–H groups in total. The van der Waals surface area contributed by atoms with E-state index in [2.05, 4.69) is 28.4 Å². The molecule has 0 saturated carbocycles. The van der Waals surface area contributed by atoms with Crippen LogP contribution in [0.5, 0.6) is 0 Å². The van der Waals surface area contributed by atoms with Crippen LogP contribution in [0.2, 0.25) is 0 Å². The van der Waals surface area contributed by atoms with Crippen LogP contribution in [0.4, 0.5) is 5.69 Å². The van der Waals surface area contributed by atoms with Crippen molar-refractivity contribution >= 4 is 40.8 Å². The molecule has 144 valence electrons. The number of aromatic nitrogens is 3. The normalized spacial score (nSPS) is 16.0. The Labute approximate surface area is 177 Å². The van der Waals surface area contributed by atoms with Crippen molar-refractivity contribution in [2.45, 2.75) is 16.1 Å². The number of anilines is 1. The number of carbonyl (C=O) groups excluding carboxylic acids is 1. The highest BCUT2D eigenvalue weighted by atomic mass is 32.2. The van der Waals surface area contributed by atoms with Crippen LogP contribution in [0.25, 0.3) is 5.65 Å². The Morgan fingerprint density at radius 2 is 1.79 bits per heavy atom. The Hall–Kier alpha value is -2.77. The van der Waals surface area contributed by atoms with Gasteiger partial charge in [0.05, 0.1) is 17.5 Å². The molecule has 0 aliphatic carbocycles. The summed E-state index contributed by atoms with van der Waals surface area (Å²) < 4.78 is 1.91. The number of fused-ring (bicyclic) bond motifs is 2. The van der Waals surface area contributed by atoms with Crippen LogP contribution in [-0.2, 0) is 4.79 Å². The molecule has 3 heterocycles. The Balaban J connectivity index is 1.44. The fourth-order valence-corrected chi connectivity index (χ4v) is 5.48. The quantitative estimate of drug-likeness (QED) is 0.450. The molecule has 2 aromatic carbocycles. The summed E-state index contributed by atoms with van der Waals surface area (Å²) in [5, 5.41) is 9.13. The van der Waals surface area contributed by atoms with Crippen molar-refractivity contribution in [3.63, 3.8) is 0 Å². The van der Waals surface area contributed by atoms with E-state index in [1.165, 1.54) is 11.8 Å². The second-order valence-corrected chi connectivity index (χ2v) is 8.67. The van der Waals surface area contributed by atoms with Gasteiger partial charge in [-0.15, -0.1) is 22.0 Å². The van der Waals surface area contributed by atoms with Crippen LogP contribution < -0.4 is 4.90 Å². The molecule has 2 aromatic heterocycles. The maximum absolute atomic E-state index is 13.4. The van der Waals surface area contributed by atoms with E-state index in [9.17, 15) is 4.79 Å². The highest BCUT2D eigenvalue weighted by Gasteiger charge is 2.32. The van der Waals surface area contributed by atoms with Gasteiger partial charge in [-0.1, -0.05) is 60.3 Å². The van der Waals surface area contributed by atoms with Gasteiger partial charge in [-0.25, -0.2) is 0 Å². The summed E-state index contributed by atoms with van der Waals surface area (Å²) in [6, 6.07) is 24.2. The molecule has 0 fully saturated rings. The third-order valence-corrected chi connectivity index (χ3v) is 6.96. The minimum Gasteiger partial charge on any atom is -0.302 e. The van der Waals surface area contributed by atoms with E-state index >= 15 is 0 Å². The van der Waals surface area contributed by atoms with Gasteiger partial charge < -0.3 is 4.90 Å². The second kappa shape index (κ2) is 7.93. The summed E-state index contributed by atoms with van der Waals surface area (Å²) in [4.78, 5) is 16.5. The number of pyridine rings is 1. The molecule has 1 aliphatic heterocycles. The maximum Gasteiger partial charge on any atom is 0.238 e. The van der Waals surface area contributed by atoms with Crippen molar-refractivity contribution in [1.29, 1.82) is 0 Å². The first-order valence-electron chi connectivity index (χ1n) is 9.32. The molecule has 0 saturated heterocycles. The van der Waals surface area contributed by atoms with Gasteiger partial charge in [-0.2, -0.15) is 0 Å². The topological polar surface area (TPSA) is 50.5 Å². The van der Waals surface area contributed by atoms with Gasteiger partial charge in [0.1, 0.15) is 0 Å². The van der Waals surface area contributed by atoms with Crippen LogP contribution in [0.15, 0.2) is 89.0 Å². The first-order valence-corrected chi connectivity index (χ1v) is 11.3. The van der Waals surface area contributed by atoms with Crippen LogP contribution in [0, 0.1) is 0 Å². The zero-order valence-electron chi connectivity index (χ0n) is 15.5. The number of benzene rings is 2. The lowest BCUT2D eigenvalue weighted by molar-refractivity contribution is -0.116. The summed E-state index contributed by atoms with van der Waals surface area (Å²) >= 11 is 3.22. The summed E-state index contributed by atoms with van der Waals surface area (Å²) in [7, 11) is 0. The number of hydrogen-bond acceptors (Lipinski definition) is 5. The van der Waals surface area contributed by atoms with Crippen molar-refractivity contribution in [3.05, 3.63) is 84.6 Å².